The second-order valence-corrected chi connectivity index (χ2v) is 8.15. The number of methoxy groups -OCH3 is 2. The average molecular weight is 376 g/mol. The summed E-state index contributed by atoms with van der Waals surface area (Å²) in [6.45, 7) is 4.24. The van der Waals surface area contributed by atoms with Gasteiger partial charge in [0.05, 0.1) is 14.2 Å². The highest BCUT2D eigenvalue weighted by Crippen LogP contribution is 2.31. The summed E-state index contributed by atoms with van der Waals surface area (Å²) in [6.07, 6.45) is 0. The van der Waals surface area contributed by atoms with Gasteiger partial charge < -0.3 is 14.4 Å². The summed E-state index contributed by atoms with van der Waals surface area (Å²) in [4.78, 5) is 2.38. The maximum atomic E-state index is 13.1. The standard InChI is InChI=1S/C19H24N2O4S/c1-15-5-4-6-16(13-15)20-9-11-21(12-10-20)26(22,23)19-8-7-17(24-2)14-18(19)25-3/h4-8,13-14H,9-12H2,1-3H3. The smallest absolute Gasteiger partial charge is 0.246 e. The van der Waals surface area contributed by atoms with E-state index in [4.69, 9.17) is 9.47 Å². The van der Waals surface area contributed by atoms with Gasteiger partial charge in [-0.15, -0.1) is 0 Å². The second-order valence-electron chi connectivity index (χ2n) is 6.25. The highest BCUT2D eigenvalue weighted by Gasteiger charge is 2.31. The van der Waals surface area contributed by atoms with Crippen molar-refractivity contribution in [2.75, 3.05) is 45.3 Å². The van der Waals surface area contributed by atoms with E-state index in [0.29, 0.717) is 37.7 Å². The zero-order valence-corrected chi connectivity index (χ0v) is 16.1. The van der Waals surface area contributed by atoms with Crippen LogP contribution in [0, 0.1) is 6.92 Å². The Hall–Kier alpha value is -2.25. The number of sulfonamides is 1. The fraction of sp³-hybridized carbons (Fsp3) is 0.368. The molecule has 3 rings (SSSR count). The van der Waals surface area contributed by atoms with E-state index in [1.165, 1.54) is 24.1 Å². The van der Waals surface area contributed by atoms with Crippen LogP contribution in [-0.4, -0.2) is 53.1 Å². The molecule has 2 aromatic rings. The Balaban J connectivity index is 1.78. The molecule has 0 amide bonds. The molecule has 140 valence electrons. The van der Waals surface area contributed by atoms with Crippen molar-refractivity contribution in [3.63, 3.8) is 0 Å². The van der Waals surface area contributed by atoms with Crippen molar-refractivity contribution in [1.29, 1.82) is 0 Å². The Labute approximate surface area is 155 Å². The first-order valence-corrected chi connectivity index (χ1v) is 9.93. The maximum absolute atomic E-state index is 13.1. The summed E-state index contributed by atoms with van der Waals surface area (Å²) < 4.78 is 38.0. The third-order valence-corrected chi connectivity index (χ3v) is 6.53. The van der Waals surface area contributed by atoms with E-state index in [2.05, 4.69) is 30.0 Å². The molecular formula is C19H24N2O4S. The minimum atomic E-state index is -3.62. The fourth-order valence-corrected chi connectivity index (χ4v) is 4.70. The molecule has 0 aliphatic carbocycles. The molecule has 7 heteroatoms. The molecule has 1 aliphatic rings. The number of benzene rings is 2. The molecule has 1 heterocycles. The predicted octanol–water partition coefficient (Wildman–Crippen LogP) is 2.52. The summed E-state index contributed by atoms with van der Waals surface area (Å²) in [6, 6.07) is 13.0. The van der Waals surface area contributed by atoms with Crippen molar-refractivity contribution in [2.24, 2.45) is 0 Å². The summed E-state index contributed by atoms with van der Waals surface area (Å²) in [5.41, 5.74) is 2.32. The van der Waals surface area contributed by atoms with Gasteiger partial charge in [0.25, 0.3) is 0 Å². The average Bonchev–Trinajstić information content (AvgIpc) is 2.67. The van der Waals surface area contributed by atoms with Crippen LogP contribution in [-0.2, 0) is 10.0 Å². The van der Waals surface area contributed by atoms with Gasteiger partial charge in [0.2, 0.25) is 10.0 Å². The minimum absolute atomic E-state index is 0.171. The number of nitrogens with zero attached hydrogens (tertiary/aromatic N) is 2. The Morgan fingerprint density at radius 3 is 2.27 bits per heavy atom. The Morgan fingerprint density at radius 2 is 1.65 bits per heavy atom. The predicted molar refractivity (Wildman–Crippen MR) is 102 cm³/mol. The summed E-state index contributed by atoms with van der Waals surface area (Å²) >= 11 is 0. The lowest BCUT2D eigenvalue weighted by Crippen LogP contribution is -2.48. The summed E-state index contributed by atoms with van der Waals surface area (Å²) in [7, 11) is -0.620. The van der Waals surface area contributed by atoms with Crippen LogP contribution < -0.4 is 14.4 Å². The highest BCUT2D eigenvalue weighted by molar-refractivity contribution is 7.89. The van der Waals surface area contributed by atoms with Gasteiger partial charge in [-0.2, -0.15) is 4.31 Å². The molecule has 6 nitrogen and oxygen atoms in total. The van der Waals surface area contributed by atoms with E-state index in [0.717, 1.165) is 5.69 Å². The van der Waals surface area contributed by atoms with Gasteiger partial charge in [-0.05, 0) is 36.8 Å². The Bertz CT molecular complexity index is 875. The number of aryl methyl sites for hydroxylation is 1. The van der Waals surface area contributed by atoms with Crippen molar-refractivity contribution in [3.05, 3.63) is 48.0 Å². The van der Waals surface area contributed by atoms with Gasteiger partial charge in [-0.1, -0.05) is 12.1 Å². The van der Waals surface area contributed by atoms with Gasteiger partial charge >= 0.3 is 0 Å². The molecule has 1 fully saturated rings. The molecule has 0 N–H and O–H groups in total. The number of hydrogen-bond donors (Lipinski definition) is 0. The normalized spacial score (nSPS) is 15.7. The first-order chi connectivity index (χ1) is 12.5. The summed E-state index contributed by atoms with van der Waals surface area (Å²) in [5.74, 6) is 0.857. The number of hydrogen-bond acceptors (Lipinski definition) is 5. The molecule has 0 saturated carbocycles. The van der Waals surface area contributed by atoms with Crippen molar-refractivity contribution in [3.8, 4) is 11.5 Å². The highest BCUT2D eigenvalue weighted by atomic mass is 32.2. The molecular weight excluding hydrogens is 352 g/mol. The molecule has 0 radical (unpaired) electrons. The molecule has 0 spiro atoms. The van der Waals surface area contributed by atoms with E-state index in [-0.39, 0.29) is 4.90 Å². The molecule has 26 heavy (non-hydrogen) atoms. The fourth-order valence-electron chi connectivity index (χ4n) is 3.14. The van der Waals surface area contributed by atoms with Gasteiger partial charge in [-0.25, -0.2) is 8.42 Å². The number of rotatable bonds is 5. The first kappa shape index (κ1) is 18.5. The molecule has 1 aliphatic heterocycles. The number of anilines is 1. The van der Waals surface area contributed by atoms with Gasteiger partial charge in [0.15, 0.2) is 0 Å². The monoisotopic (exact) mass is 376 g/mol. The van der Waals surface area contributed by atoms with Crippen LogP contribution in [0.1, 0.15) is 5.56 Å². The van der Waals surface area contributed by atoms with Crippen molar-refractivity contribution < 1.29 is 17.9 Å². The van der Waals surface area contributed by atoms with Gasteiger partial charge in [-0.3, -0.25) is 0 Å². The Morgan fingerprint density at radius 1 is 0.923 bits per heavy atom. The van der Waals surface area contributed by atoms with E-state index in [1.54, 1.807) is 18.2 Å². The molecule has 0 aromatic heterocycles. The number of piperazine rings is 1. The molecule has 0 bridgehead atoms. The van der Waals surface area contributed by atoms with Crippen LogP contribution in [0.3, 0.4) is 0 Å². The molecule has 1 saturated heterocycles. The third-order valence-electron chi connectivity index (χ3n) is 4.59. The van der Waals surface area contributed by atoms with Crippen LogP contribution in [0.25, 0.3) is 0 Å². The first-order valence-electron chi connectivity index (χ1n) is 8.49. The zero-order chi connectivity index (χ0) is 18.7. The topological polar surface area (TPSA) is 59.1 Å². The van der Waals surface area contributed by atoms with Crippen LogP contribution >= 0.6 is 0 Å². The lowest BCUT2D eigenvalue weighted by molar-refractivity contribution is 0.370. The zero-order valence-electron chi connectivity index (χ0n) is 15.3. The van der Waals surface area contributed by atoms with Crippen LogP contribution in [0.5, 0.6) is 11.5 Å². The maximum Gasteiger partial charge on any atom is 0.246 e. The van der Waals surface area contributed by atoms with Crippen LogP contribution in [0.4, 0.5) is 5.69 Å². The quantitative estimate of drug-likeness (QED) is 0.803. The van der Waals surface area contributed by atoms with Gasteiger partial charge in [0, 0.05) is 37.9 Å². The van der Waals surface area contributed by atoms with E-state index >= 15 is 0 Å². The SMILES string of the molecule is COc1ccc(S(=O)(=O)N2CCN(c3cccc(C)c3)CC2)c(OC)c1. The largest absolute Gasteiger partial charge is 0.497 e. The van der Waals surface area contributed by atoms with Crippen molar-refractivity contribution in [1.82, 2.24) is 4.31 Å². The Kier molecular flexibility index (Phi) is 5.38. The van der Waals surface area contributed by atoms with E-state index in [9.17, 15) is 8.42 Å². The molecule has 2 aromatic carbocycles. The lowest BCUT2D eigenvalue weighted by Gasteiger charge is -2.35. The van der Waals surface area contributed by atoms with Crippen LogP contribution in [0.2, 0.25) is 0 Å². The van der Waals surface area contributed by atoms with E-state index in [1.807, 2.05) is 6.07 Å². The summed E-state index contributed by atoms with van der Waals surface area (Å²) in [5, 5.41) is 0. The molecule has 0 unspecified atom stereocenters. The lowest BCUT2D eigenvalue weighted by atomic mass is 10.2. The third kappa shape index (κ3) is 3.64. The minimum Gasteiger partial charge on any atom is -0.497 e. The molecule has 0 atom stereocenters. The number of ether oxygens (including phenoxy) is 2. The second kappa shape index (κ2) is 7.55. The van der Waals surface area contributed by atoms with E-state index < -0.39 is 10.0 Å². The van der Waals surface area contributed by atoms with Crippen LogP contribution in [0.15, 0.2) is 47.4 Å². The van der Waals surface area contributed by atoms with Gasteiger partial charge in [0.1, 0.15) is 16.4 Å². The van der Waals surface area contributed by atoms with Crippen molar-refractivity contribution >= 4 is 15.7 Å². The van der Waals surface area contributed by atoms with Crippen molar-refractivity contribution in [2.45, 2.75) is 11.8 Å².